The number of carbonyl (C=O) groups is 1. The van der Waals surface area contributed by atoms with Gasteiger partial charge in [-0.2, -0.15) is 0 Å². The molecule has 70 valence electrons. The number of rotatable bonds is 3. The highest BCUT2D eigenvalue weighted by Gasteiger charge is 2.22. The van der Waals surface area contributed by atoms with Gasteiger partial charge in [0.15, 0.2) is 5.78 Å². The molecule has 1 saturated carbocycles. The van der Waals surface area contributed by atoms with Gasteiger partial charge in [0, 0.05) is 12.0 Å². The first-order valence-corrected chi connectivity index (χ1v) is 6.21. The molecule has 13 heavy (non-hydrogen) atoms. The van der Waals surface area contributed by atoms with E-state index in [4.69, 9.17) is 0 Å². The summed E-state index contributed by atoms with van der Waals surface area (Å²) in [5.41, 5.74) is 0.872. The van der Waals surface area contributed by atoms with E-state index in [1.54, 1.807) is 11.3 Å². The molecule has 1 aliphatic rings. The number of thiophene rings is 1. The van der Waals surface area contributed by atoms with E-state index in [-0.39, 0.29) is 0 Å². The Labute approximate surface area is 90.3 Å². The second-order valence-corrected chi connectivity index (χ2v) is 5.77. The molecule has 1 aromatic heterocycles. The number of ketones is 1. The summed E-state index contributed by atoms with van der Waals surface area (Å²) in [4.78, 5) is 11.7. The largest absolute Gasteiger partial charge is 0.294 e. The van der Waals surface area contributed by atoms with Crippen molar-refractivity contribution in [2.24, 2.45) is 5.92 Å². The average molecular weight is 259 g/mol. The maximum atomic E-state index is 11.7. The molecule has 0 aliphatic heterocycles. The molecule has 0 aromatic carbocycles. The second-order valence-electron chi connectivity index (χ2n) is 3.53. The second kappa shape index (κ2) is 3.93. The van der Waals surface area contributed by atoms with Crippen LogP contribution in [0.5, 0.6) is 0 Å². The number of hydrogen-bond acceptors (Lipinski definition) is 2. The van der Waals surface area contributed by atoms with Crippen molar-refractivity contribution in [3.05, 3.63) is 20.8 Å². The van der Waals surface area contributed by atoms with Gasteiger partial charge in [-0.3, -0.25) is 4.79 Å². The summed E-state index contributed by atoms with van der Waals surface area (Å²) in [5, 5.41) is 1.96. The summed E-state index contributed by atoms with van der Waals surface area (Å²) in [6.45, 7) is 0. The van der Waals surface area contributed by atoms with Gasteiger partial charge >= 0.3 is 0 Å². The van der Waals surface area contributed by atoms with Crippen molar-refractivity contribution < 1.29 is 4.79 Å². The van der Waals surface area contributed by atoms with Gasteiger partial charge in [0.1, 0.15) is 0 Å². The molecule has 0 amide bonds. The van der Waals surface area contributed by atoms with E-state index < -0.39 is 0 Å². The molecule has 0 radical (unpaired) electrons. The third-order valence-electron chi connectivity index (χ3n) is 2.62. The van der Waals surface area contributed by atoms with E-state index in [2.05, 4.69) is 15.9 Å². The predicted molar refractivity (Wildman–Crippen MR) is 58.3 cm³/mol. The number of carbonyl (C=O) groups excluding carboxylic acids is 1. The van der Waals surface area contributed by atoms with Gasteiger partial charge in [-0.05, 0) is 33.3 Å². The van der Waals surface area contributed by atoms with E-state index in [0.717, 1.165) is 15.8 Å². The minimum Gasteiger partial charge on any atom is -0.294 e. The Bertz CT molecular complexity index is 314. The summed E-state index contributed by atoms with van der Waals surface area (Å²) in [6, 6.07) is 1.91. The van der Waals surface area contributed by atoms with Crippen molar-refractivity contribution >= 4 is 33.0 Å². The van der Waals surface area contributed by atoms with Crippen molar-refractivity contribution in [2.75, 3.05) is 0 Å². The third kappa shape index (κ3) is 2.02. The highest BCUT2D eigenvalue weighted by Crippen LogP contribution is 2.32. The number of Topliss-reactive ketones (excluding diaryl/α,β-unsaturated/α-hetero) is 1. The monoisotopic (exact) mass is 258 g/mol. The van der Waals surface area contributed by atoms with Crippen LogP contribution in [0.1, 0.15) is 36.0 Å². The maximum Gasteiger partial charge on any atom is 0.165 e. The smallest absolute Gasteiger partial charge is 0.165 e. The Morgan fingerprint density at radius 2 is 2.38 bits per heavy atom. The van der Waals surface area contributed by atoms with Crippen LogP contribution in [0.4, 0.5) is 0 Å². The molecule has 3 heteroatoms. The zero-order valence-corrected chi connectivity index (χ0v) is 9.66. The first-order valence-electron chi connectivity index (χ1n) is 4.53. The molecule has 1 aromatic rings. The lowest BCUT2D eigenvalue weighted by Crippen LogP contribution is -2.15. The molecule has 1 heterocycles. The lowest BCUT2D eigenvalue weighted by atomic mass is 9.81. The molecule has 0 spiro atoms. The number of halogens is 1. The van der Waals surface area contributed by atoms with Crippen LogP contribution in [0.2, 0.25) is 0 Å². The van der Waals surface area contributed by atoms with Gasteiger partial charge in [0.05, 0.1) is 3.79 Å². The Hall–Kier alpha value is -0.150. The Kier molecular flexibility index (Phi) is 2.84. The van der Waals surface area contributed by atoms with Crippen LogP contribution in [-0.4, -0.2) is 5.78 Å². The van der Waals surface area contributed by atoms with E-state index in [1.807, 2.05) is 11.4 Å². The quantitative estimate of drug-likeness (QED) is 0.753. The molecule has 1 fully saturated rings. The minimum atomic E-state index is 0.304. The SMILES string of the molecule is O=C(CC1CCC1)c1ccsc1Br. The summed E-state index contributed by atoms with van der Waals surface area (Å²) in [5.74, 6) is 0.970. The molecule has 0 bridgehead atoms. The highest BCUT2D eigenvalue weighted by molar-refractivity contribution is 9.11. The number of hydrogen-bond donors (Lipinski definition) is 0. The zero-order chi connectivity index (χ0) is 9.26. The normalized spacial score (nSPS) is 17.0. The van der Waals surface area contributed by atoms with Crippen LogP contribution in [-0.2, 0) is 0 Å². The van der Waals surface area contributed by atoms with Gasteiger partial charge in [0.2, 0.25) is 0 Å². The van der Waals surface area contributed by atoms with Gasteiger partial charge in [-0.25, -0.2) is 0 Å². The molecular weight excluding hydrogens is 248 g/mol. The highest BCUT2D eigenvalue weighted by atomic mass is 79.9. The van der Waals surface area contributed by atoms with E-state index in [1.165, 1.54) is 19.3 Å². The van der Waals surface area contributed by atoms with Crippen LogP contribution in [0, 0.1) is 5.92 Å². The molecule has 2 rings (SSSR count). The van der Waals surface area contributed by atoms with Crippen LogP contribution < -0.4 is 0 Å². The third-order valence-corrected chi connectivity index (χ3v) is 4.30. The van der Waals surface area contributed by atoms with E-state index >= 15 is 0 Å². The Balaban J connectivity index is 2.00. The van der Waals surface area contributed by atoms with Gasteiger partial charge in [-0.1, -0.05) is 19.3 Å². The fraction of sp³-hybridized carbons (Fsp3) is 0.500. The van der Waals surface area contributed by atoms with Crippen molar-refractivity contribution in [1.29, 1.82) is 0 Å². The fourth-order valence-corrected chi connectivity index (χ4v) is 2.87. The summed E-state index contributed by atoms with van der Waals surface area (Å²) >= 11 is 4.98. The molecule has 1 aliphatic carbocycles. The molecule has 1 nitrogen and oxygen atoms in total. The van der Waals surface area contributed by atoms with Crippen molar-refractivity contribution in [3.8, 4) is 0 Å². The van der Waals surface area contributed by atoms with Crippen LogP contribution in [0.15, 0.2) is 15.2 Å². The molecule has 0 unspecified atom stereocenters. The van der Waals surface area contributed by atoms with Crippen LogP contribution >= 0.6 is 27.3 Å². The molecule has 0 N–H and O–H groups in total. The lowest BCUT2D eigenvalue weighted by molar-refractivity contribution is 0.0936. The van der Waals surface area contributed by atoms with Gasteiger partial charge in [-0.15, -0.1) is 11.3 Å². The van der Waals surface area contributed by atoms with Crippen molar-refractivity contribution in [3.63, 3.8) is 0 Å². The van der Waals surface area contributed by atoms with Gasteiger partial charge in [0.25, 0.3) is 0 Å². The molecule has 0 saturated heterocycles. The first kappa shape index (κ1) is 9.41. The first-order chi connectivity index (χ1) is 6.27. The lowest BCUT2D eigenvalue weighted by Gasteiger charge is -2.24. The summed E-state index contributed by atoms with van der Waals surface area (Å²) < 4.78 is 0.983. The Morgan fingerprint density at radius 3 is 2.85 bits per heavy atom. The zero-order valence-electron chi connectivity index (χ0n) is 7.25. The molecular formula is C10H11BrOS. The minimum absolute atomic E-state index is 0.304. The predicted octanol–water partition coefficient (Wildman–Crippen LogP) is 3.88. The van der Waals surface area contributed by atoms with Crippen molar-refractivity contribution in [2.45, 2.75) is 25.7 Å². The molecule has 0 atom stereocenters. The topological polar surface area (TPSA) is 17.1 Å². The summed E-state index contributed by atoms with van der Waals surface area (Å²) in [6.07, 6.45) is 4.54. The standard InChI is InChI=1S/C10H11BrOS/c11-10-8(4-5-13-10)9(12)6-7-2-1-3-7/h4-5,7H,1-3,6H2. The summed E-state index contributed by atoms with van der Waals surface area (Å²) in [7, 11) is 0. The van der Waals surface area contributed by atoms with Crippen LogP contribution in [0.25, 0.3) is 0 Å². The van der Waals surface area contributed by atoms with E-state index in [0.29, 0.717) is 11.7 Å². The maximum absolute atomic E-state index is 11.7. The fourth-order valence-electron chi connectivity index (χ4n) is 1.56. The van der Waals surface area contributed by atoms with Gasteiger partial charge < -0.3 is 0 Å². The average Bonchev–Trinajstić information content (AvgIpc) is 2.43. The van der Waals surface area contributed by atoms with E-state index in [9.17, 15) is 4.79 Å². The van der Waals surface area contributed by atoms with Crippen molar-refractivity contribution in [1.82, 2.24) is 0 Å². The van der Waals surface area contributed by atoms with Crippen LogP contribution in [0.3, 0.4) is 0 Å². The Morgan fingerprint density at radius 1 is 1.62 bits per heavy atom.